The van der Waals surface area contributed by atoms with Gasteiger partial charge in [0.05, 0.1) is 0 Å². The third-order valence-electron chi connectivity index (χ3n) is 3.63. The number of benzene rings is 1. The summed E-state index contributed by atoms with van der Waals surface area (Å²) >= 11 is 1.57. The maximum atomic E-state index is 13.9. The molecule has 2 aromatic rings. The lowest BCUT2D eigenvalue weighted by molar-refractivity contribution is 0.387. The first kappa shape index (κ1) is 15.2. The Kier molecular flexibility index (Phi) is 5.32. The van der Waals surface area contributed by atoms with Crippen LogP contribution in [0.2, 0.25) is 0 Å². The van der Waals surface area contributed by atoms with Gasteiger partial charge in [0, 0.05) is 23.0 Å². The van der Waals surface area contributed by atoms with Crippen molar-refractivity contribution in [2.24, 2.45) is 5.92 Å². The lowest BCUT2D eigenvalue weighted by Crippen LogP contribution is -2.32. The lowest BCUT2D eigenvalue weighted by atomic mass is 10.0. The molecule has 0 aliphatic heterocycles. The number of thiophene rings is 1. The highest BCUT2D eigenvalue weighted by Crippen LogP contribution is 2.28. The van der Waals surface area contributed by atoms with Gasteiger partial charge in [-0.3, -0.25) is 0 Å². The van der Waals surface area contributed by atoms with Gasteiger partial charge in [0.1, 0.15) is 5.82 Å². The molecule has 2 rings (SSSR count). The molecule has 0 fully saturated rings. The van der Waals surface area contributed by atoms with Crippen LogP contribution in [0.4, 0.5) is 4.39 Å². The minimum atomic E-state index is -0.146. The van der Waals surface area contributed by atoms with Crippen LogP contribution in [0.5, 0.6) is 0 Å². The second-order valence-corrected chi connectivity index (χ2v) is 6.38. The Bertz CT molecular complexity index is 534. The summed E-state index contributed by atoms with van der Waals surface area (Å²) in [6.07, 6.45) is 1.11. The zero-order valence-corrected chi connectivity index (χ0v) is 13.1. The van der Waals surface area contributed by atoms with E-state index in [1.165, 1.54) is 0 Å². The summed E-state index contributed by atoms with van der Waals surface area (Å²) in [7, 11) is 0. The van der Waals surface area contributed by atoms with Gasteiger partial charge in [-0.1, -0.05) is 32.9 Å². The highest BCUT2D eigenvalue weighted by atomic mass is 32.1. The Hall–Kier alpha value is -1.19. The quantitative estimate of drug-likeness (QED) is 0.782. The van der Waals surface area contributed by atoms with E-state index in [2.05, 4.69) is 26.1 Å². The second kappa shape index (κ2) is 7.00. The van der Waals surface area contributed by atoms with E-state index in [4.69, 9.17) is 0 Å². The molecule has 3 heteroatoms. The first-order valence-electron chi connectivity index (χ1n) is 7.17. The fraction of sp³-hybridized carbons (Fsp3) is 0.412. The molecule has 0 saturated heterocycles. The molecule has 0 amide bonds. The molecular weight excluding hydrogens is 269 g/mol. The molecule has 0 radical (unpaired) electrons. The van der Waals surface area contributed by atoms with E-state index in [-0.39, 0.29) is 5.82 Å². The topological polar surface area (TPSA) is 12.0 Å². The van der Waals surface area contributed by atoms with Gasteiger partial charge in [-0.25, -0.2) is 4.39 Å². The van der Waals surface area contributed by atoms with E-state index < -0.39 is 0 Å². The number of halogens is 1. The van der Waals surface area contributed by atoms with E-state index in [9.17, 15) is 4.39 Å². The van der Waals surface area contributed by atoms with Crippen molar-refractivity contribution in [2.75, 3.05) is 0 Å². The molecular formula is C17H22FNS. The number of hydrogen-bond acceptors (Lipinski definition) is 2. The molecule has 1 N–H and O–H groups in total. The minimum absolute atomic E-state index is 0.146. The molecule has 20 heavy (non-hydrogen) atoms. The molecule has 0 spiro atoms. The van der Waals surface area contributed by atoms with Gasteiger partial charge in [0.2, 0.25) is 0 Å². The Morgan fingerprint density at radius 3 is 2.65 bits per heavy atom. The van der Waals surface area contributed by atoms with Crippen molar-refractivity contribution in [3.63, 3.8) is 0 Å². The molecule has 1 aromatic carbocycles. The minimum Gasteiger partial charge on any atom is -0.310 e. The maximum absolute atomic E-state index is 13.9. The molecule has 0 bridgehead atoms. The van der Waals surface area contributed by atoms with Crippen LogP contribution in [0.15, 0.2) is 35.7 Å². The van der Waals surface area contributed by atoms with Crippen molar-refractivity contribution < 1.29 is 4.39 Å². The van der Waals surface area contributed by atoms with Crippen molar-refractivity contribution in [1.82, 2.24) is 5.32 Å². The summed E-state index contributed by atoms with van der Waals surface area (Å²) in [6.45, 7) is 7.43. The Balaban J connectivity index is 2.12. The molecule has 1 heterocycles. The average molecular weight is 291 g/mol. The van der Waals surface area contributed by atoms with Crippen LogP contribution in [0, 0.1) is 11.7 Å². The van der Waals surface area contributed by atoms with E-state index >= 15 is 0 Å². The van der Waals surface area contributed by atoms with Crippen molar-refractivity contribution in [3.05, 3.63) is 47.1 Å². The fourth-order valence-corrected chi connectivity index (χ4v) is 3.15. The van der Waals surface area contributed by atoms with E-state index in [1.807, 2.05) is 29.6 Å². The van der Waals surface area contributed by atoms with Crippen molar-refractivity contribution >= 4 is 11.3 Å². The summed E-state index contributed by atoms with van der Waals surface area (Å²) in [5.41, 5.74) is 1.84. The average Bonchev–Trinajstić information content (AvgIpc) is 2.94. The summed E-state index contributed by atoms with van der Waals surface area (Å²) in [6, 6.07) is 9.82. The standard InChI is InChI=1S/C17H22FNS/c1-4-16(12(2)3)19-11-13-7-8-15(18)14(10-13)17-6-5-9-20-17/h5-10,12,16,19H,4,11H2,1-3H3. The predicted molar refractivity (Wildman–Crippen MR) is 85.5 cm³/mol. The van der Waals surface area contributed by atoms with Gasteiger partial charge >= 0.3 is 0 Å². The molecule has 1 unspecified atom stereocenters. The van der Waals surface area contributed by atoms with Crippen LogP contribution in [0.1, 0.15) is 32.8 Å². The fourth-order valence-electron chi connectivity index (χ4n) is 2.40. The second-order valence-electron chi connectivity index (χ2n) is 5.43. The van der Waals surface area contributed by atoms with E-state index in [0.717, 1.165) is 23.4 Å². The number of hydrogen-bond donors (Lipinski definition) is 1. The molecule has 1 atom stereocenters. The third kappa shape index (κ3) is 3.68. The molecule has 1 nitrogen and oxygen atoms in total. The summed E-state index contributed by atoms with van der Waals surface area (Å²) in [4.78, 5) is 0.986. The Morgan fingerprint density at radius 2 is 2.05 bits per heavy atom. The first-order valence-corrected chi connectivity index (χ1v) is 8.05. The Morgan fingerprint density at radius 1 is 1.25 bits per heavy atom. The van der Waals surface area contributed by atoms with Crippen LogP contribution < -0.4 is 5.32 Å². The van der Waals surface area contributed by atoms with Gasteiger partial charge < -0.3 is 5.32 Å². The van der Waals surface area contributed by atoms with Crippen LogP contribution in [-0.4, -0.2) is 6.04 Å². The molecule has 1 aromatic heterocycles. The van der Waals surface area contributed by atoms with Crippen LogP contribution in [0.25, 0.3) is 10.4 Å². The van der Waals surface area contributed by atoms with Crippen LogP contribution in [0.3, 0.4) is 0 Å². The number of rotatable bonds is 6. The smallest absolute Gasteiger partial charge is 0.131 e. The van der Waals surface area contributed by atoms with Crippen LogP contribution >= 0.6 is 11.3 Å². The summed E-state index contributed by atoms with van der Waals surface area (Å²) in [5, 5.41) is 5.54. The van der Waals surface area contributed by atoms with Crippen molar-refractivity contribution in [1.29, 1.82) is 0 Å². The van der Waals surface area contributed by atoms with Crippen LogP contribution in [-0.2, 0) is 6.54 Å². The summed E-state index contributed by atoms with van der Waals surface area (Å²) in [5.74, 6) is 0.462. The highest BCUT2D eigenvalue weighted by molar-refractivity contribution is 7.13. The van der Waals surface area contributed by atoms with Crippen molar-refractivity contribution in [2.45, 2.75) is 39.8 Å². The van der Waals surface area contributed by atoms with Gasteiger partial charge in [0.25, 0.3) is 0 Å². The van der Waals surface area contributed by atoms with E-state index in [1.54, 1.807) is 17.4 Å². The van der Waals surface area contributed by atoms with Gasteiger partial charge in [-0.15, -0.1) is 11.3 Å². The number of nitrogens with one attached hydrogen (secondary N) is 1. The molecule has 0 aliphatic carbocycles. The SMILES string of the molecule is CCC(NCc1ccc(F)c(-c2cccs2)c1)C(C)C. The highest BCUT2D eigenvalue weighted by Gasteiger charge is 2.11. The molecule has 0 saturated carbocycles. The Labute approximate surface area is 124 Å². The molecule has 0 aliphatic rings. The van der Waals surface area contributed by atoms with Crippen molar-refractivity contribution in [3.8, 4) is 10.4 Å². The predicted octanol–water partition coefficient (Wildman–Crippen LogP) is 5.08. The molecule has 108 valence electrons. The van der Waals surface area contributed by atoms with Gasteiger partial charge in [0.15, 0.2) is 0 Å². The first-order chi connectivity index (χ1) is 9.61. The normalized spacial score (nSPS) is 12.8. The van der Waals surface area contributed by atoms with E-state index in [0.29, 0.717) is 17.5 Å². The monoisotopic (exact) mass is 291 g/mol. The lowest BCUT2D eigenvalue weighted by Gasteiger charge is -2.21. The largest absolute Gasteiger partial charge is 0.310 e. The van der Waals surface area contributed by atoms with Gasteiger partial charge in [-0.2, -0.15) is 0 Å². The third-order valence-corrected chi connectivity index (χ3v) is 4.53. The maximum Gasteiger partial charge on any atom is 0.131 e. The van der Waals surface area contributed by atoms with Gasteiger partial charge in [-0.05, 0) is 41.5 Å². The zero-order chi connectivity index (χ0) is 14.5. The summed E-state index contributed by atoms with van der Waals surface area (Å²) < 4.78 is 13.9. The zero-order valence-electron chi connectivity index (χ0n) is 12.3.